The van der Waals surface area contributed by atoms with Gasteiger partial charge in [-0.2, -0.15) is 5.26 Å². The van der Waals surface area contributed by atoms with E-state index in [1.807, 2.05) is 0 Å². The SMILES string of the molecule is COC(=O)c1ccccc1-c1ccc(/C=C(/C#N)c2nc3ccc(F)cc3[nH]2)o1. The Morgan fingerprint density at radius 3 is 2.86 bits per heavy atom. The number of imidazole rings is 1. The molecule has 6 nitrogen and oxygen atoms in total. The second-order valence-corrected chi connectivity index (χ2v) is 6.16. The number of ether oxygens (including phenoxy) is 1. The maximum atomic E-state index is 13.4. The number of rotatable bonds is 4. The number of benzene rings is 2. The molecule has 0 spiro atoms. The molecule has 0 aliphatic rings. The smallest absolute Gasteiger partial charge is 0.338 e. The van der Waals surface area contributed by atoms with Crippen LogP contribution >= 0.6 is 0 Å². The maximum Gasteiger partial charge on any atom is 0.338 e. The molecule has 2 aromatic heterocycles. The summed E-state index contributed by atoms with van der Waals surface area (Å²) in [6.07, 6.45) is 1.53. The molecule has 0 aliphatic carbocycles. The fraction of sp³-hybridized carbons (Fsp3) is 0.0455. The first-order valence-electron chi connectivity index (χ1n) is 8.64. The zero-order valence-electron chi connectivity index (χ0n) is 15.3. The molecule has 0 atom stereocenters. The number of furan rings is 1. The molecule has 0 aliphatic heterocycles. The molecule has 2 heterocycles. The number of nitriles is 1. The molecule has 2 aromatic carbocycles. The first-order valence-corrected chi connectivity index (χ1v) is 8.64. The number of fused-ring (bicyclic) bond motifs is 1. The van der Waals surface area contributed by atoms with Crippen LogP contribution in [0.4, 0.5) is 4.39 Å². The van der Waals surface area contributed by atoms with Gasteiger partial charge < -0.3 is 14.1 Å². The molecule has 142 valence electrons. The van der Waals surface area contributed by atoms with Crippen LogP contribution in [0.2, 0.25) is 0 Å². The quantitative estimate of drug-likeness (QED) is 0.401. The zero-order chi connectivity index (χ0) is 20.4. The highest BCUT2D eigenvalue weighted by atomic mass is 19.1. The molecule has 4 aromatic rings. The number of carbonyl (C=O) groups is 1. The third-order valence-electron chi connectivity index (χ3n) is 4.33. The van der Waals surface area contributed by atoms with Crippen LogP contribution in [0.5, 0.6) is 0 Å². The number of halogens is 1. The first-order chi connectivity index (χ1) is 14.1. The molecular formula is C22H14FN3O3. The van der Waals surface area contributed by atoms with Gasteiger partial charge in [0, 0.05) is 11.6 Å². The fourth-order valence-corrected chi connectivity index (χ4v) is 2.97. The van der Waals surface area contributed by atoms with Crippen molar-refractivity contribution in [3.8, 4) is 17.4 Å². The third-order valence-corrected chi connectivity index (χ3v) is 4.33. The molecule has 7 heteroatoms. The fourth-order valence-electron chi connectivity index (χ4n) is 2.97. The number of esters is 1. The monoisotopic (exact) mass is 387 g/mol. The number of nitrogens with one attached hydrogen (secondary N) is 1. The van der Waals surface area contributed by atoms with Gasteiger partial charge in [-0.15, -0.1) is 0 Å². The van der Waals surface area contributed by atoms with Crippen molar-refractivity contribution in [1.29, 1.82) is 5.26 Å². The predicted molar refractivity (Wildman–Crippen MR) is 105 cm³/mol. The summed E-state index contributed by atoms with van der Waals surface area (Å²) in [6.45, 7) is 0. The van der Waals surface area contributed by atoms with Crippen molar-refractivity contribution in [3.63, 3.8) is 0 Å². The molecule has 0 saturated carbocycles. The molecular weight excluding hydrogens is 373 g/mol. The summed E-state index contributed by atoms with van der Waals surface area (Å²) in [5, 5.41) is 9.54. The molecule has 0 amide bonds. The van der Waals surface area contributed by atoms with Crippen LogP contribution in [-0.4, -0.2) is 23.0 Å². The van der Waals surface area contributed by atoms with E-state index in [-0.39, 0.29) is 5.57 Å². The van der Waals surface area contributed by atoms with E-state index >= 15 is 0 Å². The Balaban J connectivity index is 1.71. The van der Waals surface area contributed by atoms with Crippen molar-refractivity contribution >= 4 is 28.7 Å². The molecule has 0 unspecified atom stereocenters. The van der Waals surface area contributed by atoms with E-state index in [2.05, 4.69) is 16.0 Å². The largest absolute Gasteiger partial charge is 0.465 e. The average molecular weight is 387 g/mol. The van der Waals surface area contributed by atoms with E-state index < -0.39 is 11.8 Å². The van der Waals surface area contributed by atoms with Crippen molar-refractivity contribution in [2.45, 2.75) is 0 Å². The zero-order valence-corrected chi connectivity index (χ0v) is 15.3. The van der Waals surface area contributed by atoms with Crippen LogP contribution in [0.3, 0.4) is 0 Å². The van der Waals surface area contributed by atoms with E-state index in [9.17, 15) is 14.4 Å². The van der Waals surface area contributed by atoms with E-state index in [4.69, 9.17) is 9.15 Å². The molecule has 0 saturated heterocycles. The van der Waals surface area contributed by atoms with Gasteiger partial charge in [-0.05, 0) is 36.4 Å². The standard InChI is InChI=1S/C22H14FN3O3/c1-28-22(27)17-5-3-2-4-16(17)20-9-7-15(29-20)10-13(12-24)21-25-18-8-6-14(23)11-19(18)26-21/h2-11H,1H3,(H,25,26)/b13-10-. The van der Waals surface area contributed by atoms with Crippen LogP contribution in [0.15, 0.2) is 59.0 Å². The minimum atomic E-state index is -0.471. The minimum Gasteiger partial charge on any atom is -0.465 e. The molecule has 4 rings (SSSR count). The number of hydrogen-bond donors (Lipinski definition) is 1. The summed E-state index contributed by atoms with van der Waals surface area (Å²) in [4.78, 5) is 19.2. The topological polar surface area (TPSA) is 91.9 Å². The van der Waals surface area contributed by atoms with E-state index in [0.717, 1.165) is 0 Å². The average Bonchev–Trinajstić information content (AvgIpc) is 3.37. The predicted octanol–water partition coefficient (Wildman–Crippen LogP) is 4.81. The van der Waals surface area contributed by atoms with Crippen molar-refractivity contribution in [3.05, 3.63) is 77.6 Å². The highest BCUT2D eigenvalue weighted by Crippen LogP contribution is 2.28. The number of methoxy groups -OCH3 is 1. The Morgan fingerprint density at radius 2 is 2.07 bits per heavy atom. The number of aromatic amines is 1. The summed E-state index contributed by atoms with van der Waals surface area (Å²) >= 11 is 0. The number of H-pyrrole nitrogens is 1. The van der Waals surface area contributed by atoms with Crippen molar-refractivity contribution < 1.29 is 18.3 Å². The first kappa shape index (κ1) is 18.2. The van der Waals surface area contributed by atoms with Gasteiger partial charge in [-0.25, -0.2) is 14.2 Å². The summed E-state index contributed by atoms with van der Waals surface area (Å²) < 4.78 is 24.0. The normalized spacial score (nSPS) is 11.4. The summed E-state index contributed by atoms with van der Waals surface area (Å²) in [5.41, 5.74) is 2.23. The van der Waals surface area contributed by atoms with Gasteiger partial charge in [0.2, 0.25) is 0 Å². The van der Waals surface area contributed by atoms with E-state index in [1.54, 1.807) is 36.4 Å². The summed E-state index contributed by atoms with van der Waals surface area (Å²) in [6, 6.07) is 16.5. The number of allylic oxidation sites excluding steroid dienone is 1. The van der Waals surface area contributed by atoms with Crippen molar-refractivity contribution in [1.82, 2.24) is 9.97 Å². The van der Waals surface area contributed by atoms with E-state index in [1.165, 1.54) is 31.4 Å². The lowest BCUT2D eigenvalue weighted by atomic mass is 10.1. The van der Waals surface area contributed by atoms with Gasteiger partial charge >= 0.3 is 5.97 Å². The van der Waals surface area contributed by atoms with Gasteiger partial charge in [-0.1, -0.05) is 18.2 Å². The Labute approximate surface area is 164 Å². The van der Waals surface area contributed by atoms with Crippen LogP contribution in [0.25, 0.3) is 34.0 Å². The van der Waals surface area contributed by atoms with Crippen molar-refractivity contribution in [2.24, 2.45) is 0 Å². The van der Waals surface area contributed by atoms with Gasteiger partial charge in [0.1, 0.15) is 29.2 Å². The lowest BCUT2D eigenvalue weighted by Gasteiger charge is -2.04. The Kier molecular flexibility index (Phi) is 4.67. The van der Waals surface area contributed by atoms with Crippen molar-refractivity contribution in [2.75, 3.05) is 7.11 Å². The molecule has 0 bridgehead atoms. The van der Waals surface area contributed by atoms with Crippen LogP contribution in [0.1, 0.15) is 21.9 Å². The van der Waals surface area contributed by atoms with Gasteiger partial charge in [0.25, 0.3) is 0 Å². The molecule has 0 fully saturated rings. The number of aromatic nitrogens is 2. The summed E-state index contributed by atoms with van der Waals surface area (Å²) in [7, 11) is 1.31. The van der Waals surface area contributed by atoms with Crippen LogP contribution in [-0.2, 0) is 4.74 Å². The maximum absolute atomic E-state index is 13.4. The highest BCUT2D eigenvalue weighted by molar-refractivity contribution is 5.96. The summed E-state index contributed by atoms with van der Waals surface area (Å²) in [5.74, 6) is 0.307. The van der Waals surface area contributed by atoms with Gasteiger partial charge in [-0.3, -0.25) is 0 Å². The number of hydrogen-bond acceptors (Lipinski definition) is 5. The Morgan fingerprint density at radius 1 is 1.24 bits per heavy atom. The second kappa shape index (κ2) is 7.44. The van der Waals surface area contributed by atoms with E-state index in [0.29, 0.717) is 39.5 Å². The molecule has 1 N–H and O–H groups in total. The van der Waals surface area contributed by atoms with Gasteiger partial charge in [0.15, 0.2) is 0 Å². The van der Waals surface area contributed by atoms with Crippen LogP contribution < -0.4 is 0 Å². The lowest BCUT2D eigenvalue weighted by molar-refractivity contribution is 0.0601. The minimum absolute atomic E-state index is 0.226. The highest BCUT2D eigenvalue weighted by Gasteiger charge is 2.16. The molecule has 0 radical (unpaired) electrons. The molecule has 29 heavy (non-hydrogen) atoms. The Bertz CT molecular complexity index is 1290. The Hall–Kier alpha value is -4.18. The number of nitrogens with zero attached hydrogens (tertiary/aromatic N) is 2. The number of carbonyl (C=O) groups excluding carboxylic acids is 1. The lowest BCUT2D eigenvalue weighted by Crippen LogP contribution is -2.02. The van der Waals surface area contributed by atoms with Gasteiger partial charge in [0.05, 0.1) is 29.3 Å². The van der Waals surface area contributed by atoms with Crippen LogP contribution in [0, 0.1) is 17.1 Å². The second-order valence-electron chi connectivity index (χ2n) is 6.16. The third kappa shape index (κ3) is 3.51.